The Morgan fingerprint density at radius 2 is 1.34 bits per heavy atom. The Morgan fingerprint density at radius 1 is 0.771 bits per heavy atom. The number of rotatable bonds is 10. The number of benzene rings is 4. The van der Waals surface area contributed by atoms with Crippen LogP contribution in [-0.4, -0.2) is 12.0 Å². The standard InChI is InChI=1S/C26H23N2O6P/c1-32-23-17-15-20(16-18-23)26(27-21-9-8-10-22(19-21)28(29)30)35(31,33-24-11-4-2-5-12-24)34-25-13-6-3-7-14-25/h2-19,26-27H,1H3. The van der Waals surface area contributed by atoms with Crippen molar-refractivity contribution in [3.05, 3.63) is 125 Å². The molecule has 0 bridgehead atoms. The molecule has 1 atom stereocenters. The van der Waals surface area contributed by atoms with Crippen LogP contribution in [-0.2, 0) is 4.57 Å². The highest BCUT2D eigenvalue weighted by Crippen LogP contribution is 2.60. The summed E-state index contributed by atoms with van der Waals surface area (Å²) in [5.74, 6) is 0.304. The van der Waals surface area contributed by atoms with Crippen LogP contribution in [0.2, 0.25) is 0 Å². The zero-order valence-corrected chi connectivity index (χ0v) is 19.7. The quantitative estimate of drug-likeness (QED) is 0.144. The number of ether oxygens (including phenoxy) is 1. The van der Waals surface area contributed by atoms with Gasteiger partial charge in [-0.3, -0.25) is 10.1 Å². The number of nitrogens with one attached hydrogen (secondary N) is 1. The summed E-state index contributed by atoms with van der Waals surface area (Å²) in [4.78, 5) is 10.8. The molecule has 0 aromatic heterocycles. The number of nitro benzene ring substituents is 1. The lowest BCUT2D eigenvalue weighted by Gasteiger charge is -2.29. The molecule has 0 heterocycles. The number of nitrogens with zero attached hydrogens (tertiary/aromatic N) is 1. The van der Waals surface area contributed by atoms with Crippen molar-refractivity contribution in [3.8, 4) is 17.2 Å². The highest BCUT2D eigenvalue weighted by atomic mass is 31.2. The zero-order valence-electron chi connectivity index (χ0n) is 18.8. The number of non-ortho nitro benzene ring substituents is 1. The van der Waals surface area contributed by atoms with E-state index in [4.69, 9.17) is 13.8 Å². The Morgan fingerprint density at radius 3 is 1.86 bits per heavy atom. The second kappa shape index (κ2) is 10.8. The van der Waals surface area contributed by atoms with E-state index in [0.29, 0.717) is 28.5 Å². The number of hydrogen-bond donors (Lipinski definition) is 1. The zero-order chi connectivity index (χ0) is 24.7. The summed E-state index contributed by atoms with van der Waals surface area (Å²) in [6.45, 7) is 0. The van der Waals surface area contributed by atoms with Crippen molar-refractivity contribution in [1.82, 2.24) is 0 Å². The van der Waals surface area contributed by atoms with Gasteiger partial charge in [0.05, 0.1) is 12.0 Å². The van der Waals surface area contributed by atoms with E-state index in [1.807, 2.05) is 12.1 Å². The van der Waals surface area contributed by atoms with E-state index in [1.54, 1.807) is 92.0 Å². The minimum absolute atomic E-state index is 0.105. The second-order valence-electron chi connectivity index (χ2n) is 7.48. The fourth-order valence-electron chi connectivity index (χ4n) is 3.38. The highest BCUT2D eigenvalue weighted by molar-refractivity contribution is 7.55. The molecule has 4 aromatic rings. The number of nitro groups is 1. The Labute approximate surface area is 202 Å². The van der Waals surface area contributed by atoms with E-state index in [9.17, 15) is 14.7 Å². The summed E-state index contributed by atoms with van der Waals surface area (Å²) in [6.07, 6.45) is 0. The van der Waals surface area contributed by atoms with Gasteiger partial charge in [-0.05, 0) is 48.0 Å². The first-order valence-corrected chi connectivity index (χ1v) is 12.3. The molecule has 178 valence electrons. The van der Waals surface area contributed by atoms with Crippen LogP contribution in [0, 0.1) is 10.1 Å². The van der Waals surface area contributed by atoms with E-state index in [1.165, 1.54) is 12.1 Å². The first kappa shape index (κ1) is 23.9. The van der Waals surface area contributed by atoms with Gasteiger partial charge >= 0.3 is 7.60 Å². The van der Waals surface area contributed by atoms with Crippen LogP contribution in [0.25, 0.3) is 0 Å². The highest BCUT2D eigenvalue weighted by Gasteiger charge is 2.41. The summed E-state index contributed by atoms with van der Waals surface area (Å²) >= 11 is 0. The SMILES string of the molecule is COc1ccc(C(Nc2cccc([N+](=O)[O-])c2)P(=O)(Oc2ccccc2)Oc2ccccc2)cc1. The Bertz CT molecular complexity index is 1270. The van der Waals surface area contributed by atoms with E-state index < -0.39 is 18.3 Å². The van der Waals surface area contributed by atoms with Gasteiger partial charge < -0.3 is 19.1 Å². The number of hydrogen-bond acceptors (Lipinski definition) is 7. The molecule has 0 saturated heterocycles. The first-order chi connectivity index (χ1) is 17.0. The number of para-hydroxylation sites is 2. The van der Waals surface area contributed by atoms with Crippen LogP contribution in [0.5, 0.6) is 17.2 Å². The maximum atomic E-state index is 14.6. The summed E-state index contributed by atoms with van der Waals surface area (Å²) in [6, 6.07) is 30.3. The summed E-state index contributed by atoms with van der Waals surface area (Å²) < 4.78 is 31.9. The van der Waals surface area contributed by atoms with Gasteiger partial charge in [-0.25, -0.2) is 4.57 Å². The Hall–Kier alpha value is -4.29. The van der Waals surface area contributed by atoms with Crippen LogP contribution >= 0.6 is 7.60 Å². The average molecular weight is 490 g/mol. The van der Waals surface area contributed by atoms with Crippen molar-refractivity contribution >= 4 is 19.0 Å². The minimum Gasteiger partial charge on any atom is -0.497 e. The molecule has 4 rings (SSSR count). The molecule has 0 aliphatic rings. The maximum Gasteiger partial charge on any atom is 0.457 e. The predicted molar refractivity (Wildman–Crippen MR) is 134 cm³/mol. The second-order valence-corrected chi connectivity index (χ2v) is 9.44. The molecule has 1 unspecified atom stereocenters. The molecule has 1 N–H and O–H groups in total. The fraction of sp³-hybridized carbons (Fsp3) is 0.0769. The largest absolute Gasteiger partial charge is 0.497 e. The molecule has 35 heavy (non-hydrogen) atoms. The van der Waals surface area contributed by atoms with Gasteiger partial charge in [-0.2, -0.15) is 0 Å². The molecule has 0 spiro atoms. The smallest absolute Gasteiger partial charge is 0.457 e. The lowest BCUT2D eigenvalue weighted by Crippen LogP contribution is -2.18. The van der Waals surface area contributed by atoms with Crippen molar-refractivity contribution in [2.75, 3.05) is 12.4 Å². The molecule has 0 fully saturated rings. The van der Waals surface area contributed by atoms with E-state index in [-0.39, 0.29) is 5.69 Å². The van der Waals surface area contributed by atoms with Gasteiger partial charge in [0, 0.05) is 17.8 Å². The molecule has 9 heteroatoms. The van der Waals surface area contributed by atoms with Crippen molar-refractivity contribution in [2.45, 2.75) is 5.78 Å². The Balaban J connectivity index is 1.81. The van der Waals surface area contributed by atoms with E-state index in [2.05, 4.69) is 5.32 Å². The van der Waals surface area contributed by atoms with Gasteiger partial charge in [0.1, 0.15) is 17.2 Å². The molecule has 0 saturated carbocycles. The molecule has 4 aromatic carbocycles. The van der Waals surface area contributed by atoms with Gasteiger partial charge in [0.25, 0.3) is 5.69 Å². The summed E-state index contributed by atoms with van der Waals surface area (Å²) in [5.41, 5.74) is 0.854. The third kappa shape index (κ3) is 5.99. The number of anilines is 1. The van der Waals surface area contributed by atoms with Crippen molar-refractivity contribution in [2.24, 2.45) is 0 Å². The van der Waals surface area contributed by atoms with Crippen LogP contribution in [0.4, 0.5) is 11.4 Å². The van der Waals surface area contributed by atoms with Crippen LogP contribution in [0.3, 0.4) is 0 Å². The Kier molecular flexibility index (Phi) is 7.33. The van der Waals surface area contributed by atoms with Gasteiger partial charge in [0.15, 0.2) is 5.78 Å². The van der Waals surface area contributed by atoms with Crippen molar-refractivity contribution in [3.63, 3.8) is 0 Å². The molecule has 0 aliphatic heterocycles. The lowest BCUT2D eigenvalue weighted by molar-refractivity contribution is -0.384. The van der Waals surface area contributed by atoms with Crippen LogP contribution < -0.4 is 19.1 Å². The molecule has 0 amide bonds. The third-order valence-electron chi connectivity index (χ3n) is 5.06. The van der Waals surface area contributed by atoms with Crippen LogP contribution in [0.15, 0.2) is 109 Å². The van der Waals surface area contributed by atoms with E-state index >= 15 is 0 Å². The summed E-state index contributed by atoms with van der Waals surface area (Å²) in [5, 5.41) is 14.5. The first-order valence-electron chi connectivity index (χ1n) is 10.7. The monoisotopic (exact) mass is 490 g/mol. The van der Waals surface area contributed by atoms with E-state index in [0.717, 1.165) is 0 Å². The third-order valence-corrected chi connectivity index (χ3v) is 7.05. The summed E-state index contributed by atoms with van der Waals surface area (Å²) in [7, 11) is -2.49. The average Bonchev–Trinajstić information content (AvgIpc) is 2.88. The van der Waals surface area contributed by atoms with Crippen LogP contribution in [0.1, 0.15) is 11.3 Å². The van der Waals surface area contributed by atoms with Gasteiger partial charge in [-0.1, -0.05) is 54.6 Å². The fourth-order valence-corrected chi connectivity index (χ4v) is 5.30. The predicted octanol–water partition coefficient (Wildman–Crippen LogP) is 7.07. The van der Waals surface area contributed by atoms with Gasteiger partial charge in [0.2, 0.25) is 0 Å². The van der Waals surface area contributed by atoms with Gasteiger partial charge in [-0.15, -0.1) is 0 Å². The molecule has 0 radical (unpaired) electrons. The maximum absolute atomic E-state index is 14.6. The molecule has 8 nitrogen and oxygen atoms in total. The minimum atomic E-state index is -4.04. The van der Waals surface area contributed by atoms with Crippen molar-refractivity contribution < 1.29 is 23.3 Å². The molecular formula is C26H23N2O6P. The van der Waals surface area contributed by atoms with Crippen molar-refractivity contribution in [1.29, 1.82) is 0 Å². The molecular weight excluding hydrogens is 467 g/mol. The molecule has 0 aliphatic carbocycles. The normalized spacial score (nSPS) is 11.8. The topological polar surface area (TPSA) is 99.9 Å². The lowest BCUT2D eigenvalue weighted by atomic mass is 10.2. The number of methoxy groups -OCH3 is 1.